The van der Waals surface area contributed by atoms with Crippen molar-refractivity contribution in [3.8, 4) is 0 Å². The smallest absolute Gasteiger partial charge is 0.244 e. The van der Waals surface area contributed by atoms with Crippen LogP contribution in [-0.4, -0.2) is 21.4 Å². The fourth-order valence-electron chi connectivity index (χ4n) is 1.62. The fourth-order valence-corrected chi connectivity index (χ4v) is 1.62. The van der Waals surface area contributed by atoms with Gasteiger partial charge in [0.05, 0.1) is 11.9 Å². The van der Waals surface area contributed by atoms with Crippen LogP contribution >= 0.6 is 0 Å². The lowest BCUT2D eigenvalue weighted by Crippen LogP contribution is -2.42. The Morgan fingerprint density at radius 3 is 2.82 bits per heavy atom. The molecule has 92 valence electrons. The maximum absolute atomic E-state index is 11.7. The van der Waals surface area contributed by atoms with Gasteiger partial charge >= 0.3 is 0 Å². The molecule has 0 bridgehead atoms. The van der Waals surface area contributed by atoms with Crippen LogP contribution in [0.5, 0.6) is 0 Å². The van der Waals surface area contributed by atoms with Crippen LogP contribution in [0.25, 0.3) is 6.08 Å². The molecule has 0 radical (unpaired) electrons. The van der Waals surface area contributed by atoms with Crippen LogP contribution in [0.15, 0.2) is 24.7 Å². The standard InChI is InChI=1S/C13H19N3O/c1-4-7-13(2,3)16-12(17)6-5-11-10-14-8-9-15-11/h5-6,8-10H,4,7H2,1-3H3,(H,16,17)/b6-5+. The summed E-state index contributed by atoms with van der Waals surface area (Å²) in [6, 6.07) is 0. The number of hydrogen-bond acceptors (Lipinski definition) is 3. The Balaban J connectivity index is 2.53. The number of carbonyl (C=O) groups is 1. The second-order valence-corrected chi connectivity index (χ2v) is 4.59. The molecule has 0 spiro atoms. The van der Waals surface area contributed by atoms with E-state index in [2.05, 4.69) is 22.2 Å². The Morgan fingerprint density at radius 1 is 1.47 bits per heavy atom. The van der Waals surface area contributed by atoms with Gasteiger partial charge in [-0.25, -0.2) is 0 Å². The van der Waals surface area contributed by atoms with E-state index in [9.17, 15) is 4.79 Å². The molecule has 0 aliphatic carbocycles. The topological polar surface area (TPSA) is 54.9 Å². The minimum Gasteiger partial charge on any atom is -0.348 e. The first kappa shape index (κ1) is 13.4. The molecule has 0 saturated carbocycles. The van der Waals surface area contributed by atoms with Gasteiger partial charge in [0.15, 0.2) is 0 Å². The number of nitrogens with one attached hydrogen (secondary N) is 1. The molecule has 1 N–H and O–H groups in total. The van der Waals surface area contributed by atoms with Crippen LogP contribution in [0.3, 0.4) is 0 Å². The molecule has 1 rings (SSSR count). The summed E-state index contributed by atoms with van der Waals surface area (Å²) in [6.45, 7) is 6.14. The first-order chi connectivity index (χ1) is 8.03. The minimum absolute atomic E-state index is 0.103. The van der Waals surface area contributed by atoms with Crippen molar-refractivity contribution in [2.75, 3.05) is 0 Å². The molecule has 1 heterocycles. The van der Waals surface area contributed by atoms with Crippen molar-refractivity contribution in [2.24, 2.45) is 0 Å². The van der Waals surface area contributed by atoms with E-state index in [0.717, 1.165) is 12.8 Å². The monoisotopic (exact) mass is 233 g/mol. The van der Waals surface area contributed by atoms with Gasteiger partial charge in [-0.2, -0.15) is 0 Å². The van der Waals surface area contributed by atoms with E-state index in [0.29, 0.717) is 5.69 Å². The lowest BCUT2D eigenvalue weighted by molar-refractivity contribution is -0.118. The molecule has 0 atom stereocenters. The molecule has 0 saturated heterocycles. The first-order valence-corrected chi connectivity index (χ1v) is 5.80. The molecular weight excluding hydrogens is 214 g/mol. The van der Waals surface area contributed by atoms with Gasteiger partial charge in [-0.3, -0.25) is 14.8 Å². The molecule has 0 unspecified atom stereocenters. The van der Waals surface area contributed by atoms with Crippen molar-refractivity contribution in [2.45, 2.75) is 39.2 Å². The number of nitrogens with zero attached hydrogens (tertiary/aromatic N) is 2. The third-order valence-electron chi connectivity index (χ3n) is 2.33. The average Bonchev–Trinajstić information content (AvgIpc) is 2.27. The van der Waals surface area contributed by atoms with Gasteiger partial charge in [-0.15, -0.1) is 0 Å². The zero-order chi connectivity index (χ0) is 12.7. The van der Waals surface area contributed by atoms with Crippen molar-refractivity contribution in [3.63, 3.8) is 0 Å². The van der Waals surface area contributed by atoms with E-state index in [1.54, 1.807) is 24.7 Å². The lowest BCUT2D eigenvalue weighted by atomic mass is 9.99. The van der Waals surface area contributed by atoms with Crippen molar-refractivity contribution >= 4 is 12.0 Å². The second kappa shape index (κ2) is 6.13. The fraction of sp³-hybridized carbons (Fsp3) is 0.462. The average molecular weight is 233 g/mol. The molecule has 1 aromatic heterocycles. The molecule has 4 nitrogen and oxygen atoms in total. The summed E-state index contributed by atoms with van der Waals surface area (Å²) in [5.41, 5.74) is 0.509. The third-order valence-corrected chi connectivity index (χ3v) is 2.33. The molecule has 4 heteroatoms. The highest BCUT2D eigenvalue weighted by Crippen LogP contribution is 2.10. The van der Waals surface area contributed by atoms with Crippen molar-refractivity contribution in [1.29, 1.82) is 0 Å². The normalized spacial score (nSPS) is 11.7. The van der Waals surface area contributed by atoms with Gasteiger partial charge in [0, 0.05) is 24.0 Å². The van der Waals surface area contributed by atoms with Gasteiger partial charge in [-0.1, -0.05) is 13.3 Å². The van der Waals surface area contributed by atoms with E-state index in [-0.39, 0.29) is 11.4 Å². The summed E-state index contributed by atoms with van der Waals surface area (Å²) in [4.78, 5) is 19.6. The largest absolute Gasteiger partial charge is 0.348 e. The third kappa shape index (κ3) is 5.24. The Hall–Kier alpha value is -1.71. The highest BCUT2D eigenvalue weighted by molar-refractivity contribution is 5.91. The van der Waals surface area contributed by atoms with Crippen LogP contribution < -0.4 is 5.32 Å². The van der Waals surface area contributed by atoms with Crippen LogP contribution in [0.4, 0.5) is 0 Å². The van der Waals surface area contributed by atoms with E-state index < -0.39 is 0 Å². The molecule has 1 aromatic rings. The predicted octanol–water partition coefficient (Wildman–Crippen LogP) is 2.18. The summed E-state index contributed by atoms with van der Waals surface area (Å²) < 4.78 is 0. The molecule has 0 aliphatic heterocycles. The van der Waals surface area contributed by atoms with Crippen LogP contribution in [0, 0.1) is 0 Å². The summed E-state index contributed by atoms with van der Waals surface area (Å²) in [5, 5.41) is 2.95. The van der Waals surface area contributed by atoms with E-state index in [1.807, 2.05) is 13.8 Å². The van der Waals surface area contributed by atoms with Crippen molar-refractivity contribution in [1.82, 2.24) is 15.3 Å². The maximum atomic E-state index is 11.7. The van der Waals surface area contributed by atoms with Crippen molar-refractivity contribution in [3.05, 3.63) is 30.4 Å². The Morgan fingerprint density at radius 2 is 2.24 bits per heavy atom. The Labute approximate surface area is 102 Å². The molecule has 0 aromatic carbocycles. The molecule has 17 heavy (non-hydrogen) atoms. The summed E-state index contributed by atoms with van der Waals surface area (Å²) in [5.74, 6) is -0.103. The number of aromatic nitrogens is 2. The Bertz CT molecular complexity index is 385. The Kier molecular flexibility index (Phi) is 4.82. The number of hydrogen-bond donors (Lipinski definition) is 1. The summed E-state index contributed by atoms with van der Waals surface area (Å²) in [6.07, 6.45) is 9.95. The highest BCUT2D eigenvalue weighted by Gasteiger charge is 2.17. The molecule has 1 amide bonds. The molecular formula is C13H19N3O. The number of amides is 1. The van der Waals surface area contributed by atoms with Gasteiger partial charge in [0.2, 0.25) is 5.91 Å². The quantitative estimate of drug-likeness (QED) is 0.793. The van der Waals surface area contributed by atoms with Gasteiger partial charge in [0.25, 0.3) is 0 Å². The minimum atomic E-state index is -0.168. The van der Waals surface area contributed by atoms with Crippen LogP contribution in [0.1, 0.15) is 39.3 Å². The number of rotatable bonds is 5. The van der Waals surface area contributed by atoms with Gasteiger partial charge in [-0.05, 0) is 26.3 Å². The van der Waals surface area contributed by atoms with Gasteiger partial charge < -0.3 is 5.32 Å². The zero-order valence-electron chi connectivity index (χ0n) is 10.6. The lowest BCUT2D eigenvalue weighted by Gasteiger charge is -2.24. The number of carbonyl (C=O) groups excluding carboxylic acids is 1. The summed E-state index contributed by atoms with van der Waals surface area (Å²) in [7, 11) is 0. The van der Waals surface area contributed by atoms with Crippen LogP contribution in [0.2, 0.25) is 0 Å². The zero-order valence-corrected chi connectivity index (χ0v) is 10.6. The van der Waals surface area contributed by atoms with Gasteiger partial charge in [0.1, 0.15) is 0 Å². The van der Waals surface area contributed by atoms with E-state index >= 15 is 0 Å². The maximum Gasteiger partial charge on any atom is 0.244 e. The SMILES string of the molecule is CCCC(C)(C)NC(=O)/C=C/c1cnccn1. The predicted molar refractivity (Wildman–Crippen MR) is 68.2 cm³/mol. The summed E-state index contributed by atoms with van der Waals surface area (Å²) >= 11 is 0. The highest BCUT2D eigenvalue weighted by atomic mass is 16.1. The van der Waals surface area contributed by atoms with Crippen molar-refractivity contribution < 1.29 is 4.79 Å². The van der Waals surface area contributed by atoms with Crippen LogP contribution in [-0.2, 0) is 4.79 Å². The second-order valence-electron chi connectivity index (χ2n) is 4.59. The van der Waals surface area contributed by atoms with E-state index in [4.69, 9.17) is 0 Å². The first-order valence-electron chi connectivity index (χ1n) is 5.80. The van der Waals surface area contributed by atoms with E-state index in [1.165, 1.54) is 6.08 Å². The molecule has 0 fully saturated rings. The molecule has 0 aliphatic rings.